The van der Waals surface area contributed by atoms with Crippen LogP contribution in [0.4, 0.5) is 14.9 Å². The zero-order chi connectivity index (χ0) is 18.7. The van der Waals surface area contributed by atoms with Crippen molar-refractivity contribution in [1.82, 2.24) is 10.2 Å². The van der Waals surface area contributed by atoms with E-state index >= 15 is 0 Å². The van der Waals surface area contributed by atoms with E-state index in [0.717, 1.165) is 30.6 Å². The summed E-state index contributed by atoms with van der Waals surface area (Å²) in [4.78, 5) is 40.4. The molecule has 1 aromatic carbocycles. The van der Waals surface area contributed by atoms with E-state index in [1.165, 1.54) is 29.2 Å². The highest BCUT2D eigenvalue weighted by Crippen LogP contribution is 2.32. The van der Waals surface area contributed by atoms with Gasteiger partial charge in [-0.15, -0.1) is 0 Å². The molecule has 0 aromatic heterocycles. The molecular formula is C19H24FN3O3. The number of rotatable bonds is 4. The molecule has 1 N–H and O–H groups in total. The minimum atomic E-state index is -0.846. The van der Waals surface area contributed by atoms with Gasteiger partial charge >= 0.3 is 6.03 Å². The number of imide groups is 1. The summed E-state index contributed by atoms with van der Waals surface area (Å²) < 4.78 is 13.1. The van der Waals surface area contributed by atoms with Crippen LogP contribution >= 0.6 is 0 Å². The van der Waals surface area contributed by atoms with Crippen LogP contribution in [0.3, 0.4) is 0 Å². The van der Waals surface area contributed by atoms with Crippen molar-refractivity contribution in [3.05, 3.63) is 30.1 Å². The fraction of sp³-hybridized carbons (Fsp3) is 0.526. The lowest BCUT2D eigenvalue weighted by molar-refractivity contribution is -0.134. The number of nitrogens with one attached hydrogen (secondary N) is 1. The molecule has 1 heterocycles. The molecule has 0 unspecified atom stereocenters. The Kier molecular flexibility index (Phi) is 5.25. The lowest BCUT2D eigenvalue weighted by Crippen LogP contribution is -2.47. The summed E-state index contributed by atoms with van der Waals surface area (Å²) >= 11 is 0. The van der Waals surface area contributed by atoms with Crippen molar-refractivity contribution in [2.45, 2.75) is 51.0 Å². The van der Waals surface area contributed by atoms with Gasteiger partial charge in [0.15, 0.2) is 0 Å². The first kappa shape index (κ1) is 18.4. The summed E-state index contributed by atoms with van der Waals surface area (Å²) in [7, 11) is 0. The molecule has 2 fully saturated rings. The zero-order valence-electron chi connectivity index (χ0n) is 15.0. The van der Waals surface area contributed by atoms with Crippen molar-refractivity contribution >= 4 is 23.5 Å². The van der Waals surface area contributed by atoms with E-state index in [-0.39, 0.29) is 24.2 Å². The van der Waals surface area contributed by atoms with E-state index in [1.54, 1.807) is 6.92 Å². The van der Waals surface area contributed by atoms with Gasteiger partial charge in [0.25, 0.3) is 5.91 Å². The molecule has 0 radical (unpaired) electrons. The Bertz CT molecular complexity index is 696. The van der Waals surface area contributed by atoms with Crippen molar-refractivity contribution in [3.63, 3.8) is 0 Å². The highest BCUT2D eigenvalue weighted by atomic mass is 19.1. The van der Waals surface area contributed by atoms with Gasteiger partial charge in [0, 0.05) is 12.2 Å². The zero-order valence-corrected chi connectivity index (χ0v) is 15.0. The molecule has 0 bridgehead atoms. The van der Waals surface area contributed by atoms with Crippen molar-refractivity contribution < 1.29 is 18.8 Å². The quantitative estimate of drug-likeness (QED) is 0.839. The number of hydrogen-bond donors (Lipinski definition) is 1. The van der Waals surface area contributed by atoms with E-state index in [9.17, 15) is 18.8 Å². The summed E-state index contributed by atoms with van der Waals surface area (Å²) in [5.74, 6) is -1.05. The maximum Gasteiger partial charge on any atom is 0.325 e. The van der Waals surface area contributed by atoms with Crippen molar-refractivity contribution in [3.8, 4) is 0 Å². The van der Waals surface area contributed by atoms with Gasteiger partial charge in [0.05, 0.1) is 0 Å². The Morgan fingerprint density at radius 3 is 2.35 bits per heavy atom. The van der Waals surface area contributed by atoms with Crippen LogP contribution in [0.2, 0.25) is 0 Å². The third kappa shape index (κ3) is 3.43. The molecule has 1 aliphatic heterocycles. The first-order valence-corrected chi connectivity index (χ1v) is 9.17. The summed E-state index contributed by atoms with van der Waals surface area (Å²) in [5, 5.41) is 2.84. The van der Waals surface area contributed by atoms with Crippen molar-refractivity contribution in [2.75, 3.05) is 18.0 Å². The molecule has 4 amide bonds. The average Bonchev–Trinajstić information content (AvgIpc) is 2.79. The lowest BCUT2D eigenvalue weighted by Gasteiger charge is -2.26. The first-order valence-electron chi connectivity index (χ1n) is 9.17. The third-order valence-electron chi connectivity index (χ3n) is 5.25. The minimum Gasteiger partial charge on any atom is -0.323 e. The van der Waals surface area contributed by atoms with Crippen molar-refractivity contribution in [1.29, 1.82) is 0 Å². The number of anilines is 1. The molecule has 1 saturated carbocycles. The maximum atomic E-state index is 13.1. The normalized spacial score (nSPS) is 19.4. The number of carbonyl (C=O) groups excluding carboxylic acids is 3. The fourth-order valence-corrected chi connectivity index (χ4v) is 3.84. The molecule has 1 spiro atoms. The summed E-state index contributed by atoms with van der Waals surface area (Å²) in [6, 6.07) is 5.07. The van der Waals surface area contributed by atoms with Crippen molar-refractivity contribution in [2.24, 2.45) is 0 Å². The first-order chi connectivity index (χ1) is 12.5. The van der Waals surface area contributed by atoms with Gasteiger partial charge in [0.2, 0.25) is 5.91 Å². The largest absolute Gasteiger partial charge is 0.325 e. The third-order valence-corrected chi connectivity index (χ3v) is 5.25. The van der Waals surface area contributed by atoms with E-state index < -0.39 is 11.6 Å². The molecule has 6 nitrogen and oxygen atoms in total. The number of hydrogen-bond acceptors (Lipinski definition) is 3. The van der Waals surface area contributed by atoms with Crippen LogP contribution in [0.1, 0.15) is 45.4 Å². The molecule has 1 aliphatic carbocycles. The Balaban J connectivity index is 1.74. The highest BCUT2D eigenvalue weighted by molar-refractivity contribution is 6.10. The Labute approximate surface area is 152 Å². The average molecular weight is 361 g/mol. The molecule has 0 atom stereocenters. The Hall–Kier alpha value is -2.44. The number of amides is 4. The van der Waals surface area contributed by atoms with Gasteiger partial charge in [-0.3, -0.25) is 14.5 Å². The number of halogens is 1. The Morgan fingerprint density at radius 1 is 1.15 bits per heavy atom. The second kappa shape index (κ2) is 7.43. The molecule has 3 rings (SSSR count). The molecular weight excluding hydrogens is 337 g/mol. The molecule has 7 heteroatoms. The summed E-state index contributed by atoms with van der Waals surface area (Å²) in [6.45, 7) is 1.84. The molecule has 140 valence electrons. The standard InChI is InChI=1S/C19H24FN3O3/c1-2-22(15-9-7-14(20)8-10-15)16(24)13-23-17(25)19(21-18(23)26)11-5-3-4-6-12-19/h7-10H,2-6,11-13H2,1H3,(H,21,26). The smallest absolute Gasteiger partial charge is 0.323 e. The van der Waals surface area contributed by atoms with Crippen LogP contribution in [0, 0.1) is 5.82 Å². The number of benzene rings is 1. The minimum absolute atomic E-state index is 0.298. The number of urea groups is 1. The van der Waals surface area contributed by atoms with Gasteiger partial charge < -0.3 is 10.2 Å². The van der Waals surface area contributed by atoms with E-state index in [4.69, 9.17) is 0 Å². The fourth-order valence-electron chi connectivity index (χ4n) is 3.84. The SMILES string of the molecule is CCN(C(=O)CN1C(=O)NC2(CCCCCC2)C1=O)c1ccc(F)cc1. The number of carbonyl (C=O) groups is 3. The van der Waals surface area contributed by atoms with Gasteiger partial charge in [-0.25, -0.2) is 9.18 Å². The highest BCUT2D eigenvalue weighted by Gasteiger charge is 2.51. The van der Waals surface area contributed by atoms with Crippen LogP contribution in [0.15, 0.2) is 24.3 Å². The second-order valence-electron chi connectivity index (χ2n) is 6.93. The topological polar surface area (TPSA) is 69.7 Å². The van der Waals surface area contributed by atoms with Gasteiger partial charge in [-0.1, -0.05) is 25.7 Å². The summed E-state index contributed by atoms with van der Waals surface area (Å²) in [5.41, 5.74) is -0.309. The molecule has 1 aromatic rings. The van der Waals surface area contributed by atoms with Crippen LogP contribution < -0.4 is 10.2 Å². The van der Waals surface area contributed by atoms with Crippen LogP contribution in [-0.4, -0.2) is 41.4 Å². The van der Waals surface area contributed by atoms with Crippen LogP contribution in [-0.2, 0) is 9.59 Å². The predicted molar refractivity (Wildman–Crippen MR) is 95.1 cm³/mol. The van der Waals surface area contributed by atoms with Crippen LogP contribution in [0.25, 0.3) is 0 Å². The Morgan fingerprint density at radius 2 is 1.77 bits per heavy atom. The molecule has 26 heavy (non-hydrogen) atoms. The number of nitrogens with zero attached hydrogens (tertiary/aromatic N) is 2. The van der Waals surface area contributed by atoms with E-state index in [2.05, 4.69) is 5.32 Å². The monoisotopic (exact) mass is 361 g/mol. The van der Waals surface area contributed by atoms with E-state index in [0.29, 0.717) is 25.1 Å². The summed E-state index contributed by atoms with van der Waals surface area (Å²) in [6.07, 6.45) is 5.14. The predicted octanol–water partition coefficient (Wildman–Crippen LogP) is 2.82. The molecule has 1 saturated heterocycles. The number of likely N-dealkylation sites (N-methyl/N-ethyl adjacent to an activating group) is 1. The van der Waals surface area contributed by atoms with Gasteiger partial charge in [-0.05, 0) is 44.0 Å². The van der Waals surface area contributed by atoms with Gasteiger partial charge in [-0.2, -0.15) is 0 Å². The van der Waals surface area contributed by atoms with Gasteiger partial charge in [0.1, 0.15) is 17.9 Å². The lowest BCUT2D eigenvalue weighted by atomic mass is 9.90. The second-order valence-corrected chi connectivity index (χ2v) is 6.93. The maximum absolute atomic E-state index is 13.1. The van der Waals surface area contributed by atoms with Crippen LogP contribution in [0.5, 0.6) is 0 Å². The molecule has 2 aliphatic rings. The van der Waals surface area contributed by atoms with E-state index in [1.807, 2.05) is 0 Å².